The molecule has 262 valence electrons. The number of nitrogens with zero attached hydrogens (tertiary/aromatic N) is 3. The molecule has 4 nitrogen and oxygen atoms in total. The first-order chi connectivity index (χ1) is 27.7. The van der Waals surface area contributed by atoms with Crippen LogP contribution in [0.2, 0.25) is 0 Å². The molecule has 11 aromatic rings. The van der Waals surface area contributed by atoms with Crippen LogP contribution in [0.4, 0.5) is 0 Å². The van der Waals surface area contributed by atoms with Crippen LogP contribution in [-0.4, -0.2) is 15.0 Å². The fourth-order valence-corrected chi connectivity index (χ4v) is 8.99. The Hall–Kier alpha value is -7.21. The Morgan fingerprint density at radius 2 is 0.857 bits per heavy atom. The first-order valence-electron chi connectivity index (χ1n) is 18.7. The zero-order valence-electron chi connectivity index (χ0n) is 30.1. The van der Waals surface area contributed by atoms with Gasteiger partial charge >= 0.3 is 0 Å². The molecule has 0 unspecified atom stereocenters. The van der Waals surface area contributed by atoms with Crippen LogP contribution >= 0.6 is 11.3 Å². The van der Waals surface area contributed by atoms with Crippen molar-refractivity contribution in [3.63, 3.8) is 0 Å². The molecule has 0 bridgehead atoms. The van der Waals surface area contributed by atoms with Gasteiger partial charge in [-0.3, -0.25) is 0 Å². The molecule has 0 atom stereocenters. The van der Waals surface area contributed by atoms with Gasteiger partial charge in [0.15, 0.2) is 17.5 Å². The van der Waals surface area contributed by atoms with Crippen LogP contribution in [0.15, 0.2) is 192 Å². The molecule has 0 N–H and O–H groups in total. The van der Waals surface area contributed by atoms with E-state index < -0.39 is 0 Å². The molecular formula is C51H31N3OS. The summed E-state index contributed by atoms with van der Waals surface area (Å²) < 4.78 is 9.09. The fourth-order valence-electron chi connectivity index (χ4n) is 7.71. The third-order valence-electron chi connectivity index (χ3n) is 10.6. The third-order valence-corrected chi connectivity index (χ3v) is 11.8. The molecular weight excluding hydrogens is 703 g/mol. The average Bonchev–Trinajstić information content (AvgIpc) is 3.84. The van der Waals surface area contributed by atoms with Crippen LogP contribution in [-0.2, 0) is 0 Å². The summed E-state index contributed by atoms with van der Waals surface area (Å²) in [5.41, 5.74) is 11.5. The second-order valence-corrected chi connectivity index (χ2v) is 15.1. The summed E-state index contributed by atoms with van der Waals surface area (Å²) in [6.45, 7) is 0. The van der Waals surface area contributed by atoms with Crippen molar-refractivity contribution in [2.75, 3.05) is 0 Å². The Morgan fingerprint density at radius 3 is 1.59 bits per heavy atom. The van der Waals surface area contributed by atoms with Gasteiger partial charge in [0.25, 0.3) is 0 Å². The van der Waals surface area contributed by atoms with Crippen molar-refractivity contribution in [1.29, 1.82) is 0 Å². The van der Waals surface area contributed by atoms with E-state index in [1.54, 1.807) is 0 Å². The first-order valence-corrected chi connectivity index (χ1v) is 19.5. The normalized spacial score (nSPS) is 11.6. The molecule has 56 heavy (non-hydrogen) atoms. The van der Waals surface area contributed by atoms with E-state index in [4.69, 9.17) is 19.4 Å². The van der Waals surface area contributed by atoms with Gasteiger partial charge in [-0.1, -0.05) is 158 Å². The lowest BCUT2D eigenvalue weighted by Gasteiger charge is -2.09. The van der Waals surface area contributed by atoms with E-state index in [1.807, 2.05) is 47.7 Å². The highest BCUT2D eigenvalue weighted by Crippen LogP contribution is 2.42. The molecule has 0 saturated carbocycles. The number of hydrogen-bond donors (Lipinski definition) is 0. The minimum Gasteiger partial charge on any atom is -0.456 e. The zero-order chi connectivity index (χ0) is 37.0. The SMILES string of the molecule is c1ccc(-c2ccc(-c3nc(-c4ccccc4)nc(-c4ccc5c(c4)oc4ccc(-c6ccc7c(c6)sc6c(-c8ccccc8)cccc67)cc45)n3)cc2)cc1. The molecule has 0 radical (unpaired) electrons. The smallest absolute Gasteiger partial charge is 0.164 e. The van der Waals surface area contributed by atoms with E-state index >= 15 is 0 Å². The van der Waals surface area contributed by atoms with Gasteiger partial charge in [-0.15, -0.1) is 11.3 Å². The van der Waals surface area contributed by atoms with Gasteiger partial charge in [0.05, 0.1) is 0 Å². The number of furan rings is 1. The van der Waals surface area contributed by atoms with Crippen molar-refractivity contribution < 1.29 is 4.42 Å². The summed E-state index contributed by atoms with van der Waals surface area (Å²) in [7, 11) is 0. The third kappa shape index (κ3) is 5.65. The second-order valence-electron chi connectivity index (χ2n) is 14.0. The van der Waals surface area contributed by atoms with Crippen LogP contribution in [0.1, 0.15) is 0 Å². The summed E-state index contributed by atoms with van der Waals surface area (Å²) in [4.78, 5) is 14.9. The molecule has 5 heteroatoms. The van der Waals surface area contributed by atoms with E-state index in [1.165, 1.54) is 42.4 Å². The highest BCUT2D eigenvalue weighted by molar-refractivity contribution is 7.26. The summed E-state index contributed by atoms with van der Waals surface area (Å²) in [5, 5.41) is 4.71. The van der Waals surface area contributed by atoms with Crippen LogP contribution in [0.5, 0.6) is 0 Å². The maximum Gasteiger partial charge on any atom is 0.164 e. The van der Waals surface area contributed by atoms with E-state index in [0.717, 1.165) is 49.8 Å². The molecule has 0 spiro atoms. The summed E-state index contributed by atoms with van der Waals surface area (Å²) in [5.74, 6) is 1.84. The number of aromatic nitrogens is 3. The van der Waals surface area contributed by atoms with Gasteiger partial charge < -0.3 is 4.42 Å². The summed E-state index contributed by atoms with van der Waals surface area (Å²) >= 11 is 1.86. The van der Waals surface area contributed by atoms with E-state index in [9.17, 15) is 0 Å². The first kappa shape index (κ1) is 32.2. The number of rotatable bonds is 6. The molecule has 8 aromatic carbocycles. The Balaban J connectivity index is 0.970. The van der Waals surface area contributed by atoms with Crippen molar-refractivity contribution in [1.82, 2.24) is 15.0 Å². The van der Waals surface area contributed by atoms with Crippen molar-refractivity contribution in [2.24, 2.45) is 0 Å². The van der Waals surface area contributed by atoms with Crippen LogP contribution in [0.3, 0.4) is 0 Å². The van der Waals surface area contributed by atoms with Crippen LogP contribution in [0.25, 0.3) is 110 Å². The molecule has 0 amide bonds. The van der Waals surface area contributed by atoms with Gasteiger partial charge in [-0.25, -0.2) is 15.0 Å². The fraction of sp³-hybridized carbons (Fsp3) is 0. The van der Waals surface area contributed by atoms with Gasteiger partial charge in [0, 0.05) is 47.6 Å². The number of hydrogen-bond acceptors (Lipinski definition) is 5. The molecule has 0 aliphatic carbocycles. The molecule has 0 saturated heterocycles. The number of thiophene rings is 1. The standard InChI is InChI=1S/C51H31N3OS/c1-4-11-32(12-5-1)33-19-21-36(22-20-33)50-52-49(35-15-8-3-9-16-35)53-51(54-50)39-24-26-41-44-29-37(25-28-45(44)55-46(41)30-39)38-23-27-42-43-18-10-17-40(34-13-6-2-7-14-34)48(43)56-47(42)31-38/h1-31H. The lowest BCUT2D eigenvalue weighted by atomic mass is 10.00. The second kappa shape index (κ2) is 13.3. The van der Waals surface area contributed by atoms with Gasteiger partial charge in [-0.05, 0) is 63.7 Å². The van der Waals surface area contributed by atoms with E-state index in [2.05, 4.69) is 152 Å². The summed E-state index contributed by atoms with van der Waals surface area (Å²) in [6.07, 6.45) is 0. The van der Waals surface area contributed by atoms with Crippen molar-refractivity contribution in [3.8, 4) is 67.5 Å². The topological polar surface area (TPSA) is 51.8 Å². The van der Waals surface area contributed by atoms with Gasteiger partial charge in [0.1, 0.15) is 11.2 Å². The Labute approximate surface area is 327 Å². The Bertz CT molecular complexity index is 3230. The average molecular weight is 734 g/mol. The minimum atomic E-state index is 0.594. The highest BCUT2D eigenvalue weighted by Gasteiger charge is 2.16. The monoisotopic (exact) mass is 733 g/mol. The van der Waals surface area contributed by atoms with Crippen molar-refractivity contribution in [2.45, 2.75) is 0 Å². The number of fused-ring (bicyclic) bond motifs is 6. The molecule has 0 aliphatic rings. The Kier molecular flexibility index (Phi) is 7.64. The largest absolute Gasteiger partial charge is 0.456 e. The molecule has 3 heterocycles. The van der Waals surface area contributed by atoms with Gasteiger partial charge in [-0.2, -0.15) is 0 Å². The van der Waals surface area contributed by atoms with Crippen LogP contribution < -0.4 is 0 Å². The molecule has 0 aliphatic heterocycles. The highest BCUT2D eigenvalue weighted by atomic mass is 32.1. The number of benzene rings is 8. The summed E-state index contributed by atoms with van der Waals surface area (Å²) in [6, 6.07) is 65.7. The predicted octanol–water partition coefficient (Wildman–Crippen LogP) is 14.1. The van der Waals surface area contributed by atoms with Crippen molar-refractivity contribution in [3.05, 3.63) is 188 Å². The quantitative estimate of drug-likeness (QED) is 0.171. The van der Waals surface area contributed by atoms with E-state index in [-0.39, 0.29) is 0 Å². The molecule has 0 fully saturated rings. The van der Waals surface area contributed by atoms with E-state index in [0.29, 0.717) is 17.5 Å². The minimum absolute atomic E-state index is 0.594. The van der Waals surface area contributed by atoms with Crippen LogP contribution in [0, 0.1) is 0 Å². The molecule has 3 aromatic heterocycles. The molecule has 11 rings (SSSR count). The maximum atomic E-state index is 6.49. The van der Waals surface area contributed by atoms with Gasteiger partial charge in [0.2, 0.25) is 0 Å². The Morgan fingerprint density at radius 1 is 0.321 bits per heavy atom. The maximum absolute atomic E-state index is 6.49. The zero-order valence-corrected chi connectivity index (χ0v) is 30.9. The predicted molar refractivity (Wildman–Crippen MR) is 233 cm³/mol. The van der Waals surface area contributed by atoms with Crippen molar-refractivity contribution >= 4 is 53.4 Å². The lowest BCUT2D eigenvalue weighted by molar-refractivity contribution is 0.669. The lowest BCUT2D eigenvalue weighted by Crippen LogP contribution is -2.00.